The standard InChI is InChI=1S/C13H14ClN3O2/c1-8(12(18)16-13(19)15-2)17-7-6-9-4-3-5-10(14)11(9)17/h3-8H,1-2H3,(H2,15,16,18,19). The van der Waals surface area contributed by atoms with E-state index in [0.717, 1.165) is 10.9 Å². The summed E-state index contributed by atoms with van der Waals surface area (Å²) >= 11 is 6.15. The van der Waals surface area contributed by atoms with Gasteiger partial charge in [-0.05, 0) is 19.1 Å². The molecule has 19 heavy (non-hydrogen) atoms. The lowest BCUT2D eigenvalue weighted by molar-refractivity contribution is -0.122. The maximum atomic E-state index is 11.9. The predicted molar refractivity (Wildman–Crippen MR) is 74.3 cm³/mol. The van der Waals surface area contributed by atoms with E-state index in [-0.39, 0.29) is 0 Å². The Labute approximate surface area is 115 Å². The van der Waals surface area contributed by atoms with Crippen LogP contribution < -0.4 is 10.6 Å². The van der Waals surface area contributed by atoms with E-state index in [4.69, 9.17) is 11.6 Å². The molecule has 3 amide bonds. The van der Waals surface area contributed by atoms with Crippen molar-refractivity contribution in [2.75, 3.05) is 7.05 Å². The van der Waals surface area contributed by atoms with Gasteiger partial charge in [-0.25, -0.2) is 4.79 Å². The normalized spacial score (nSPS) is 12.2. The van der Waals surface area contributed by atoms with Crippen molar-refractivity contribution < 1.29 is 9.59 Å². The van der Waals surface area contributed by atoms with Crippen molar-refractivity contribution in [1.82, 2.24) is 15.2 Å². The molecule has 0 fully saturated rings. The predicted octanol–water partition coefficient (Wildman–Crippen LogP) is 2.31. The Bertz CT molecular complexity index is 636. The number of para-hydroxylation sites is 1. The fraction of sp³-hybridized carbons (Fsp3) is 0.231. The van der Waals surface area contributed by atoms with E-state index < -0.39 is 18.0 Å². The van der Waals surface area contributed by atoms with Gasteiger partial charge in [0.2, 0.25) is 0 Å². The van der Waals surface area contributed by atoms with Gasteiger partial charge in [0.15, 0.2) is 0 Å². The van der Waals surface area contributed by atoms with Crippen LogP contribution in [-0.2, 0) is 4.79 Å². The van der Waals surface area contributed by atoms with Crippen molar-refractivity contribution in [3.63, 3.8) is 0 Å². The van der Waals surface area contributed by atoms with Crippen LogP contribution in [0.1, 0.15) is 13.0 Å². The highest BCUT2D eigenvalue weighted by Crippen LogP contribution is 2.27. The van der Waals surface area contributed by atoms with E-state index in [1.54, 1.807) is 23.8 Å². The molecular weight excluding hydrogens is 266 g/mol. The molecule has 5 nitrogen and oxygen atoms in total. The number of carbonyl (C=O) groups excluding carboxylic acids is 2. The average Bonchev–Trinajstić information content (AvgIpc) is 2.82. The first-order valence-electron chi connectivity index (χ1n) is 5.82. The second kappa shape index (κ2) is 5.32. The first kappa shape index (κ1) is 13.4. The lowest BCUT2D eigenvalue weighted by Crippen LogP contribution is -2.40. The molecule has 0 radical (unpaired) electrons. The Morgan fingerprint density at radius 2 is 2.05 bits per heavy atom. The van der Waals surface area contributed by atoms with Crippen molar-refractivity contribution in [3.05, 3.63) is 35.5 Å². The summed E-state index contributed by atoms with van der Waals surface area (Å²) in [5.41, 5.74) is 0.781. The third kappa shape index (κ3) is 2.56. The monoisotopic (exact) mass is 279 g/mol. The van der Waals surface area contributed by atoms with E-state index >= 15 is 0 Å². The fourth-order valence-electron chi connectivity index (χ4n) is 1.90. The lowest BCUT2D eigenvalue weighted by Gasteiger charge is -2.15. The van der Waals surface area contributed by atoms with Crippen LogP contribution in [0.15, 0.2) is 30.5 Å². The zero-order chi connectivity index (χ0) is 14.0. The number of carbonyl (C=O) groups is 2. The van der Waals surface area contributed by atoms with E-state index in [2.05, 4.69) is 10.6 Å². The highest BCUT2D eigenvalue weighted by molar-refractivity contribution is 6.35. The number of nitrogens with zero attached hydrogens (tertiary/aromatic N) is 1. The van der Waals surface area contributed by atoms with E-state index in [9.17, 15) is 9.59 Å². The summed E-state index contributed by atoms with van der Waals surface area (Å²) in [5, 5.41) is 6.11. The van der Waals surface area contributed by atoms with Crippen molar-refractivity contribution in [2.24, 2.45) is 0 Å². The Kier molecular flexibility index (Phi) is 3.76. The van der Waals surface area contributed by atoms with E-state index in [1.165, 1.54) is 7.05 Å². The second-order valence-electron chi connectivity index (χ2n) is 4.15. The Morgan fingerprint density at radius 3 is 2.74 bits per heavy atom. The van der Waals surface area contributed by atoms with Gasteiger partial charge < -0.3 is 9.88 Å². The van der Waals surface area contributed by atoms with Crippen molar-refractivity contribution >= 4 is 34.4 Å². The molecule has 0 aliphatic heterocycles. The quantitative estimate of drug-likeness (QED) is 0.886. The number of urea groups is 1. The molecule has 0 aliphatic carbocycles. The molecule has 1 aromatic carbocycles. The van der Waals surface area contributed by atoms with Gasteiger partial charge >= 0.3 is 6.03 Å². The molecule has 0 spiro atoms. The van der Waals surface area contributed by atoms with Gasteiger partial charge in [-0.15, -0.1) is 0 Å². The molecule has 1 unspecified atom stereocenters. The van der Waals surface area contributed by atoms with Gasteiger partial charge in [-0.2, -0.15) is 0 Å². The number of nitrogens with one attached hydrogen (secondary N) is 2. The first-order valence-corrected chi connectivity index (χ1v) is 6.20. The summed E-state index contributed by atoms with van der Waals surface area (Å²) in [6.45, 7) is 1.71. The van der Waals surface area contributed by atoms with Crippen molar-refractivity contribution in [3.8, 4) is 0 Å². The molecule has 0 aliphatic rings. The van der Waals surface area contributed by atoms with Crippen LogP contribution in [0.25, 0.3) is 10.9 Å². The summed E-state index contributed by atoms with van der Waals surface area (Å²) in [6.07, 6.45) is 1.78. The summed E-state index contributed by atoms with van der Waals surface area (Å²) in [6, 6.07) is 6.36. The molecular formula is C13H14ClN3O2. The van der Waals surface area contributed by atoms with Gasteiger partial charge in [0, 0.05) is 18.6 Å². The summed E-state index contributed by atoms with van der Waals surface area (Å²) in [5.74, 6) is -0.392. The molecule has 100 valence electrons. The highest BCUT2D eigenvalue weighted by Gasteiger charge is 2.19. The summed E-state index contributed by atoms with van der Waals surface area (Å²) in [7, 11) is 1.45. The van der Waals surface area contributed by atoms with Crippen LogP contribution in [0.4, 0.5) is 4.79 Å². The summed E-state index contributed by atoms with van der Waals surface area (Å²) < 4.78 is 1.75. The van der Waals surface area contributed by atoms with Gasteiger partial charge in [0.1, 0.15) is 6.04 Å². The molecule has 0 saturated carbocycles. The molecule has 0 saturated heterocycles. The summed E-state index contributed by atoms with van der Waals surface area (Å²) in [4.78, 5) is 23.1. The van der Waals surface area contributed by atoms with Crippen LogP contribution in [-0.4, -0.2) is 23.6 Å². The average molecular weight is 280 g/mol. The molecule has 2 rings (SSSR count). The second-order valence-corrected chi connectivity index (χ2v) is 4.55. The molecule has 1 atom stereocenters. The molecule has 1 aromatic heterocycles. The van der Waals surface area contributed by atoms with E-state index in [1.807, 2.05) is 18.2 Å². The number of benzene rings is 1. The third-order valence-electron chi connectivity index (χ3n) is 2.95. The smallest absolute Gasteiger partial charge is 0.321 e. The minimum Gasteiger partial charge on any atom is -0.341 e. The maximum Gasteiger partial charge on any atom is 0.321 e. The van der Waals surface area contributed by atoms with Crippen LogP contribution in [0.5, 0.6) is 0 Å². The van der Waals surface area contributed by atoms with Gasteiger partial charge in [-0.1, -0.05) is 23.7 Å². The minimum absolute atomic E-state index is 0.392. The number of hydrogen-bond donors (Lipinski definition) is 2. The number of halogens is 1. The highest BCUT2D eigenvalue weighted by atomic mass is 35.5. The Morgan fingerprint density at radius 1 is 1.32 bits per heavy atom. The maximum absolute atomic E-state index is 11.9. The molecule has 2 N–H and O–H groups in total. The van der Waals surface area contributed by atoms with Gasteiger partial charge in [0.25, 0.3) is 5.91 Å². The SMILES string of the molecule is CNC(=O)NC(=O)C(C)n1ccc2cccc(Cl)c21. The zero-order valence-corrected chi connectivity index (χ0v) is 11.4. The van der Waals surface area contributed by atoms with Crippen LogP contribution in [0.2, 0.25) is 5.02 Å². The number of amides is 3. The molecule has 1 heterocycles. The number of fused-ring (bicyclic) bond motifs is 1. The number of aromatic nitrogens is 1. The Hall–Kier alpha value is -2.01. The van der Waals surface area contributed by atoms with Crippen molar-refractivity contribution in [1.29, 1.82) is 0 Å². The van der Waals surface area contributed by atoms with Gasteiger partial charge in [-0.3, -0.25) is 10.1 Å². The van der Waals surface area contributed by atoms with E-state index in [0.29, 0.717) is 5.02 Å². The van der Waals surface area contributed by atoms with Gasteiger partial charge in [0.05, 0.1) is 10.5 Å². The molecule has 6 heteroatoms. The fourth-order valence-corrected chi connectivity index (χ4v) is 2.18. The number of imide groups is 1. The number of rotatable bonds is 2. The third-order valence-corrected chi connectivity index (χ3v) is 3.26. The topological polar surface area (TPSA) is 63.1 Å². The molecule has 0 bridgehead atoms. The Balaban J connectivity index is 2.34. The van der Waals surface area contributed by atoms with Crippen LogP contribution >= 0.6 is 11.6 Å². The first-order chi connectivity index (χ1) is 9.04. The van der Waals surface area contributed by atoms with Crippen molar-refractivity contribution in [2.45, 2.75) is 13.0 Å². The van der Waals surface area contributed by atoms with Crippen LogP contribution in [0, 0.1) is 0 Å². The lowest BCUT2D eigenvalue weighted by atomic mass is 10.2. The zero-order valence-electron chi connectivity index (χ0n) is 10.6. The number of hydrogen-bond acceptors (Lipinski definition) is 2. The largest absolute Gasteiger partial charge is 0.341 e. The minimum atomic E-state index is -0.533. The molecule has 2 aromatic rings. The van der Waals surface area contributed by atoms with Crippen LogP contribution in [0.3, 0.4) is 0 Å².